The molecular formula is C20H17BrN2O5S. The van der Waals surface area contributed by atoms with E-state index in [9.17, 15) is 9.59 Å². The van der Waals surface area contributed by atoms with E-state index in [1.165, 1.54) is 28.8 Å². The van der Waals surface area contributed by atoms with Gasteiger partial charge in [-0.1, -0.05) is 15.9 Å². The van der Waals surface area contributed by atoms with Crippen LogP contribution in [0.4, 0.5) is 5.69 Å². The minimum atomic E-state index is -1.00. The van der Waals surface area contributed by atoms with Crippen LogP contribution in [-0.4, -0.2) is 48.3 Å². The second kappa shape index (κ2) is 8.71. The Balaban J connectivity index is 1.91. The van der Waals surface area contributed by atoms with E-state index >= 15 is 0 Å². The summed E-state index contributed by atoms with van der Waals surface area (Å²) in [5, 5.41) is 9.48. The molecular weight excluding hydrogens is 460 g/mol. The van der Waals surface area contributed by atoms with E-state index in [0.29, 0.717) is 27.3 Å². The van der Waals surface area contributed by atoms with Crippen LogP contribution >= 0.6 is 27.7 Å². The normalized spacial score (nSPS) is 16.6. The zero-order valence-corrected chi connectivity index (χ0v) is 18.2. The lowest BCUT2D eigenvalue weighted by Crippen LogP contribution is -2.23. The van der Waals surface area contributed by atoms with Gasteiger partial charge in [0.15, 0.2) is 16.7 Å². The first kappa shape index (κ1) is 20.9. The second-order valence-electron chi connectivity index (χ2n) is 5.95. The lowest BCUT2D eigenvalue weighted by molar-refractivity contribution is -0.121. The number of carbonyl (C=O) groups excluding carboxylic acids is 1. The Hall–Kier alpha value is -2.78. The van der Waals surface area contributed by atoms with Gasteiger partial charge in [-0.3, -0.25) is 9.69 Å². The molecule has 1 saturated heterocycles. The minimum Gasteiger partial charge on any atom is -0.493 e. The van der Waals surface area contributed by atoms with Gasteiger partial charge in [-0.25, -0.2) is 9.79 Å². The van der Waals surface area contributed by atoms with Gasteiger partial charge in [-0.15, -0.1) is 0 Å². The number of hydrogen-bond acceptors (Lipinski definition) is 6. The van der Waals surface area contributed by atoms with Gasteiger partial charge < -0.3 is 14.6 Å². The number of carboxylic acid groups (broad SMARTS) is 1. The van der Waals surface area contributed by atoms with Crippen molar-refractivity contribution in [3.8, 4) is 11.5 Å². The average Bonchev–Trinajstić information content (AvgIpc) is 2.97. The summed E-state index contributed by atoms with van der Waals surface area (Å²) < 4.78 is 11.4. The number of amides is 1. The summed E-state index contributed by atoms with van der Waals surface area (Å²) in [5.74, 6) is -0.0510. The summed E-state index contributed by atoms with van der Waals surface area (Å²) in [4.78, 5) is 30.0. The van der Waals surface area contributed by atoms with Crippen molar-refractivity contribution >= 4 is 56.5 Å². The number of benzene rings is 2. The Morgan fingerprint density at radius 3 is 2.38 bits per heavy atom. The van der Waals surface area contributed by atoms with E-state index in [4.69, 9.17) is 14.6 Å². The van der Waals surface area contributed by atoms with E-state index in [0.717, 1.165) is 10.0 Å². The van der Waals surface area contributed by atoms with Crippen molar-refractivity contribution in [3.63, 3.8) is 0 Å². The molecule has 3 rings (SSSR count). The number of nitrogens with zero attached hydrogens (tertiary/aromatic N) is 2. The van der Waals surface area contributed by atoms with Crippen molar-refractivity contribution in [1.82, 2.24) is 4.90 Å². The third kappa shape index (κ3) is 4.46. The average molecular weight is 477 g/mol. The molecule has 0 aliphatic carbocycles. The van der Waals surface area contributed by atoms with E-state index in [2.05, 4.69) is 20.9 Å². The highest BCUT2D eigenvalue weighted by molar-refractivity contribution is 9.10. The Labute approximate surface area is 180 Å². The summed E-state index contributed by atoms with van der Waals surface area (Å²) in [5.41, 5.74) is 1.50. The van der Waals surface area contributed by atoms with Gasteiger partial charge in [0, 0.05) is 11.5 Å². The molecule has 2 aromatic carbocycles. The Morgan fingerprint density at radius 1 is 1.17 bits per heavy atom. The van der Waals surface area contributed by atoms with Crippen LogP contribution in [0.3, 0.4) is 0 Å². The molecule has 9 heteroatoms. The first-order valence-corrected chi connectivity index (χ1v) is 9.96. The lowest BCUT2D eigenvalue weighted by atomic mass is 10.2. The Kier molecular flexibility index (Phi) is 6.29. The number of carbonyl (C=O) groups is 2. The standard InChI is InChI=1S/C20H17BrN2O5S/c1-23-18(24)17(9-12-8-15(27-2)16(28-3)10-14(12)21)29-20(23)22-13-6-4-11(5-7-13)19(25)26/h4-10H,1-3H3,(H,25,26)/b17-9-,22-20?. The molecule has 1 N–H and O–H groups in total. The van der Waals surface area contributed by atoms with E-state index < -0.39 is 5.97 Å². The van der Waals surface area contributed by atoms with Crippen LogP contribution in [0.5, 0.6) is 11.5 Å². The smallest absolute Gasteiger partial charge is 0.335 e. The van der Waals surface area contributed by atoms with Crippen LogP contribution in [-0.2, 0) is 4.79 Å². The van der Waals surface area contributed by atoms with E-state index in [-0.39, 0.29) is 11.5 Å². The molecule has 1 aliphatic heterocycles. The summed E-state index contributed by atoms with van der Waals surface area (Å²) in [6, 6.07) is 9.70. The fourth-order valence-corrected chi connectivity index (χ4v) is 3.98. The Morgan fingerprint density at radius 2 is 1.79 bits per heavy atom. The van der Waals surface area contributed by atoms with E-state index in [1.807, 2.05) is 0 Å². The van der Waals surface area contributed by atoms with Crippen molar-refractivity contribution in [1.29, 1.82) is 0 Å². The molecule has 1 amide bonds. The van der Waals surface area contributed by atoms with Crippen LogP contribution < -0.4 is 9.47 Å². The molecule has 7 nitrogen and oxygen atoms in total. The fourth-order valence-electron chi connectivity index (χ4n) is 2.56. The van der Waals surface area contributed by atoms with Crippen LogP contribution in [0.2, 0.25) is 0 Å². The molecule has 1 fully saturated rings. The third-order valence-corrected chi connectivity index (χ3v) is 5.88. The van der Waals surface area contributed by atoms with Crippen molar-refractivity contribution < 1.29 is 24.2 Å². The molecule has 0 spiro atoms. The number of methoxy groups -OCH3 is 2. The quantitative estimate of drug-likeness (QED) is 0.643. The molecule has 0 radical (unpaired) electrons. The van der Waals surface area contributed by atoms with E-state index in [1.54, 1.807) is 51.6 Å². The Bertz CT molecular complexity index is 1030. The molecule has 150 valence electrons. The highest BCUT2D eigenvalue weighted by Crippen LogP contribution is 2.38. The van der Waals surface area contributed by atoms with Gasteiger partial charge >= 0.3 is 5.97 Å². The molecule has 0 unspecified atom stereocenters. The second-order valence-corrected chi connectivity index (χ2v) is 7.81. The maximum atomic E-state index is 12.6. The zero-order chi connectivity index (χ0) is 21.1. The van der Waals surface area contributed by atoms with Crippen LogP contribution in [0.1, 0.15) is 15.9 Å². The van der Waals surface area contributed by atoms with Gasteiger partial charge in [0.1, 0.15) is 0 Å². The molecule has 0 aromatic heterocycles. The predicted molar refractivity (Wildman–Crippen MR) is 116 cm³/mol. The topological polar surface area (TPSA) is 88.4 Å². The number of aromatic carboxylic acids is 1. The van der Waals surface area contributed by atoms with Gasteiger partial charge in [-0.2, -0.15) is 0 Å². The van der Waals surface area contributed by atoms with Crippen molar-refractivity contribution in [2.24, 2.45) is 4.99 Å². The first-order chi connectivity index (χ1) is 13.8. The SMILES string of the molecule is COc1cc(Br)c(/C=C2\SC(=Nc3ccc(C(=O)O)cc3)N(C)C2=O)cc1OC. The minimum absolute atomic E-state index is 0.177. The largest absolute Gasteiger partial charge is 0.493 e. The zero-order valence-electron chi connectivity index (χ0n) is 15.8. The number of carboxylic acids is 1. The molecule has 0 saturated carbocycles. The summed E-state index contributed by atoms with van der Waals surface area (Å²) in [7, 11) is 4.75. The summed E-state index contributed by atoms with van der Waals surface area (Å²) >= 11 is 4.73. The van der Waals surface area contributed by atoms with Crippen molar-refractivity contribution in [2.75, 3.05) is 21.3 Å². The van der Waals surface area contributed by atoms with Crippen LogP contribution in [0.15, 0.2) is 50.8 Å². The molecule has 0 bridgehead atoms. The number of rotatable bonds is 5. The monoisotopic (exact) mass is 476 g/mol. The van der Waals surface area contributed by atoms with Crippen LogP contribution in [0.25, 0.3) is 6.08 Å². The van der Waals surface area contributed by atoms with Crippen molar-refractivity contribution in [3.05, 3.63) is 56.9 Å². The molecule has 1 heterocycles. The number of thioether (sulfide) groups is 1. The number of halogens is 1. The van der Waals surface area contributed by atoms with Gasteiger partial charge in [0.25, 0.3) is 5.91 Å². The highest BCUT2D eigenvalue weighted by atomic mass is 79.9. The number of ether oxygens (including phenoxy) is 2. The van der Waals surface area contributed by atoms with Gasteiger partial charge in [-0.05, 0) is 59.8 Å². The molecule has 2 aromatic rings. The number of likely N-dealkylation sites (N-methyl/N-ethyl adjacent to an activating group) is 1. The summed E-state index contributed by atoms with van der Waals surface area (Å²) in [6.07, 6.45) is 1.76. The number of aliphatic imine (C=N–C) groups is 1. The third-order valence-electron chi connectivity index (χ3n) is 4.13. The number of amidine groups is 1. The first-order valence-electron chi connectivity index (χ1n) is 8.35. The highest BCUT2D eigenvalue weighted by Gasteiger charge is 2.30. The van der Waals surface area contributed by atoms with Crippen molar-refractivity contribution in [2.45, 2.75) is 0 Å². The fraction of sp³-hybridized carbons (Fsp3) is 0.150. The maximum Gasteiger partial charge on any atom is 0.335 e. The molecule has 1 aliphatic rings. The summed E-state index contributed by atoms with van der Waals surface area (Å²) in [6.45, 7) is 0. The molecule has 0 atom stereocenters. The number of hydrogen-bond donors (Lipinski definition) is 1. The van der Waals surface area contributed by atoms with Crippen LogP contribution in [0, 0.1) is 0 Å². The predicted octanol–water partition coefficient (Wildman–Crippen LogP) is 4.40. The lowest BCUT2D eigenvalue weighted by Gasteiger charge is -2.10. The maximum absolute atomic E-state index is 12.6. The van der Waals surface area contributed by atoms with Gasteiger partial charge in [0.2, 0.25) is 0 Å². The molecule has 29 heavy (non-hydrogen) atoms. The van der Waals surface area contributed by atoms with Gasteiger partial charge in [0.05, 0.1) is 30.4 Å².